The number of nitrogens with one attached hydrogen (secondary N) is 1. The van der Waals surface area contributed by atoms with Gasteiger partial charge in [-0.15, -0.1) is 13.2 Å². The van der Waals surface area contributed by atoms with Gasteiger partial charge in [0.1, 0.15) is 18.2 Å². The number of hydrogen-bond acceptors (Lipinski definition) is 7. The summed E-state index contributed by atoms with van der Waals surface area (Å²) in [6.45, 7) is 7.98. The van der Waals surface area contributed by atoms with Crippen LogP contribution in [0, 0.1) is 11.8 Å². The number of allylic oxidation sites excluding steroid dienone is 1. The molecule has 2 aromatic rings. The molecule has 11 heteroatoms. The van der Waals surface area contributed by atoms with Crippen molar-refractivity contribution in [2.45, 2.75) is 75.2 Å². The lowest BCUT2D eigenvalue weighted by Gasteiger charge is -2.37. The number of nitrogens with zero attached hydrogens (tertiary/aromatic N) is 2. The van der Waals surface area contributed by atoms with E-state index < -0.39 is 41.6 Å². The number of anilines is 1. The number of carbonyl (C=O) groups is 4. The van der Waals surface area contributed by atoms with E-state index in [1.54, 1.807) is 46.2 Å². The normalized spacial score (nSPS) is 24.3. The van der Waals surface area contributed by atoms with Crippen molar-refractivity contribution in [2.24, 2.45) is 11.8 Å². The van der Waals surface area contributed by atoms with Gasteiger partial charge in [0, 0.05) is 26.1 Å². The summed E-state index contributed by atoms with van der Waals surface area (Å²) in [5.41, 5.74) is 0.0483. The van der Waals surface area contributed by atoms with Gasteiger partial charge in [-0.05, 0) is 49.8 Å². The van der Waals surface area contributed by atoms with Crippen LogP contribution in [0.4, 0.5) is 5.69 Å². The molecule has 3 heterocycles. The minimum absolute atomic E-state index is 0.0802. The van der Waals surface area contributed by atoms with Crippen LogP contribution in [0.3, 0.4) is 0 Å². The van der Waals surface area contributed by atoms with Crippen molar-refractivity contribution >= 4 is 41.0 Å². The molecule has 262 valence electrons. The van der Waals surface area contributed by atoms with Gasteiger partial charge in [0.2, 0.25) is 11.8 Å². The number of benzene rings is 2. The summed E-state index contributed by atoms with van der Waals surface area (Å²) >= 11 is 6.58. The Morgan fingerprint density at radius 2 is 1.82 bits per heavy atom. The summed E-state index contributed by atoms with van der Waals surface area (Å²) in [7, 11) is 0. The topological polar surface area (TPSA) is 125 Å². The number of amides is 3. The molecule has 10 nitrogen and oxygen atoms in total. The second-order valence-corrected chi connectivity index (χ2v) is 13.3. The van der Waals surface area contributed by atoms with Gasteiger partial charge in [-0.2, -0.15) is 0 Å². The first-order valence-corrected chi connectivity index (χ1v) is 17.5. The fourth-order valence-electron chi connectivity index (χ4n) is 7.62. The molecule has 0 saturated carbocycles. The molecule has 3 fully saturated rings. The Hall–Kier alpha value is -3.99. The number of para-hydroxylation sites is 1. The van der Waals surface area contributed by atoms with Gasteiger partial charge in [0.15, 0.2) is 0 Å². The number of esters is 1. The van der Waals surface area contributed by atoms with Crippen molar-refractivity contribution in [2.75, 3.05) is 31.2 Å². The average Bonchev–Trinajstić information content (AvgIpc) is 3.75. The van der Waals surface area contributed by atoms with Crippen LogP contribution in [0.2, 0.25) is 5.02 Å². The highest BCUT2D eigenvalue weighted by Crippen LogP contribution is 2.59. The first-order chi connectivity index (χ1) is 23.8. The molecule has 0 unspecified atom stereocenters. The number of ether oxygens (including phenoxy) is 2. The van der Waals surface area contributed by atoms with Gasteiger partial charge in [-0.1, -0.05) is 79.1 Å². The smallest absolute Gasteiger partial charge is 0.306 e. The highest BCUT2D eigenvalue weighted by atomic mass is 35.5. The van der Waals surface area contributed by atoms with Crippen molar-refractivity contribution in [3.8, 4) is 0 Å². The maximum Gasteiger partial charge on any atom is 0.306 e. The van der Waals surface area contributed by atoms with E-state index in [-0.39, 0.29) is 43.9 Å². The third kappa shape index (κ3) is 7.61. The lowest BCUT2D eigenvalue weighted by atomic mass is 9.70. The number of fused-ring (bicyclic) bond motifs is 1. The van der Waals surface area contributed by atoms with E-state index in [4.69, 9.17) is 21.1 Å². The van der Waals surface area contributed by atoms with Crippen LogP contribution < -0.4 is 10.2 Å². The van der Waals surface area contributed by atoms with Gasteiger partial charge in [-0.25, -0.2) is 0 Å². The number of aliphatic hydroxyl groups excluding tert-OH is 1. The number of hydrogen-bond donors (Lipinski definition) is 2. The molecule has 3 saturated heterocycles. The summed E-state index contributed by atoms with van der Waals surface area (Å²) in [5, 5.41) is 12.7. The van der Waals surface area contributed by atoms with Crippen molar-refractivity contribution in [3.63, 3.8) is 0 Å². The highest BCUT2D eigenvalue weighted by molar-refractivity contribution is 6.34. The van der Waals surface area contributed by atoms with E-state index in [9.17, 15) is 24.3 Å². The molecule has 3 aliphatic heterocycles. The van der Waals surface area contributed by atoms with E-state index in [1.807, 2.05) is 30.3 Å². The van der Waals surface area contributed by atoms with Gasteiger partial charge >= 0.3 is 5.97 Å². The Kier molecular flexibility index (Phi) is 12.3. The average molecular weight is 692 g/mol. The fourth-order valence-corrected chi connectivity index (χ4v) is 7.86. The molecule has 5 rings (SSSR count). The second-order valence-electron chi connectivity index (χ2n) is 12.9. The van der Waals surface area contributed by atoms with Gasteiger partial charge in [-0.3, -0.25) is 19.2 Å². The molecule has 2 N–H and O–H groups in total. The van der Waals surface area contributed by atoms with E-state index in [1.165, 1.54) is 0 Å². The van der Waals surface area contributed by atoms with Crippen molar-refractivity contribution in [1.29, 1.82) is 0 Å². The predicted octanol–water partition coefficient (Wildman–Crippen LogP) is 5.15. The van der Waals surface area contributed by atoms with Crippen LogP contribution in [-0.4, -0.2) is 77.7 Å². The third-order valence-electron chi connectivity index (χ3n) is 9.85. The second kappa shape index (κ2) is 16.6. The Labute approximate surface area is 293 Å². The molecule has 0 radical (unpaired) electrons. The van der Waals surface area contributed by atoms with E-state index in [0.717, 1.165) is 18.4 Å². The molecule has 3 amide bonds. The van der Waals surface area contributed by atoms with Gasteiger partial charge in [0.05, 0.1) is 34.7 Å². The summed E-state index contributed by atoms with van der Waals surface area (Å²) in [4.78, 5) is 59.0. The lowest BCUT2D eigenvalue weighted by Crippen LogP contribution is -2.56. The van der Waals surface area contributed by atoms with Crippen molar-refractivity contribution < 1.29 is 33.8 Å². The number of rotatable bonds is 18. The van der Waals surface area contributed by atoms with Gasteiger partial charge in [0.25, 0.3) is 5.91 Å². The number of aliphatic hydroxyl groups is 1. The SMILES string of the molecule is C=CCCC(=O)OC[C@H](NC(=O)[C@@H]1[C@@H]2CC[C@]3(O2)[C@H](C(=O)N(CC=C)c2ccccc2Cl)N(CCCCCCO)C(=O)[C@@H]13)c1ccccc1. The van der Waals surface area contributed by atoms with Gasteiger partial charge < -0.3 is 29.7 Å². The molecule has 2 bridgehead atoms. The first-order valence-electron chi connectivity index (χ1n) is 17.1. The summed E-state index contributed by atoms with van der Waals surface area (Å²) in [5.74, 6) is -3.12. The minimum Gasteiger partial charge on any atom is -0.463 e. The molecule has 3 aliphatic rings. The van der Waals surface area contributed by atoms with Crippen LogP contribution in [0.1, 0.15) is 63.0 Å². The zero-order chi connectivity index (χ0) is 35.0. The monoisotopic (exact) mass is 691 g/mol. The van der Waals surface area contributed by atoms with Crippen LogP contribution in [0.15, 0.2) is 79.9 Å². The minimum atomic E-state index is -1.20. The number of halogens is 1. The quantitative estimate of drug-likeness (QED) is 0.126. The maximum absolute atomic E-state index is 14.7. The Morgan fingerprint density at radius 3 is 2.53 bits per heavy atom. The third-order valence-corrected chi connectivity index (χ3v) is 10.2. The number of carbonyl (C=O) groups excluding carboxylic acids is 4. The Balaban J connectivity index is 1.45. The molecular formula is C38H46ClN3O7. The standard InChI is InChI=1S/C38H46ClN3O7/c1-3-5-19-31(44)48-25-28(26-15-9-8-10-16-26)40-35(45)32-30-20-21-38(49-30)33(32)36(46)42(23-13-6-7-14-24-43)34(38)37(47)41(22-4-2)29-18-12-11-17-27(29)39/h3-4,8-12,15-18,28,30,32-34,43H,1-2,5-7,13-14,19-25H2,(H,40,45)/t28-,30-,32+,33+,34-,38+/m0/s1. The molecule has 49 heavy (non-hydrogen) atoms. The van der Waals surface area contributed by atoms with Crippen LogP contribution in [0.25, 0.3) is 0 Å². The molecule has 1 spiro atoms. The molecule has 2 aromatic carbocycles. The zero-order valence-corrected chi connectivity index (χ0v) is 28.6. The van der Waals surface area contributed by atoms with E-state index >= 15 is 0 Å². The van der Waals surface area contributed by atoms with Crippen LogP contribution in [-0.2, 0) is 28.7 Å². The fraction of sp³-hybridized carbons (Fsp3) is 0.474. The highest BCUT2D eigenvalue weighted by Gasteiger charge is 2.74. The largest absolute Gasteiger partial charge is 0.463 e. The lowest BCUT2D eigenvalue weighted by molar-refractivity contribution is -0.146. The molecular weight excluding hydrogens is 646 g/mol. The van der Waals surface area contributed by atoms with Crippen LogP contribution in [0.5, 0.6) is 0 Å². The number of unbranched alkanes of at least 4 members (excludes halogenated alkanes) is 3. The summed E-state index contributed by atoms with van der Waals surface area (Å²) < 4.78 is 12.2. The molecule has 6 atom stereocenters. The summed E-state index contributed by atoms with van der Waals surface area (Å²) in [6, 6.07) is 14.6. The van der Waals surface area contributed by atoms with Crippen molar-refractivity contribution in [1.82, 2.24) is 10.2 Å². The number of likely N-dealkylation sites (tertiary alicyclic amines) is 1. The van der Waals surface area contributed by atoms with E-state index in [2.05, 4.69) is 18.5 Å². The maximum atomic E-state index is 14.7. The van der Waals surface area contributed by atoms with Crippen LogP contribution >= 0.6 is 11.6 Å². The Bertz CT molecular complexity index is 1520. The summed E-state index contributed by atoms with van der Waals surface area (Å²) in [6.07, 6.45) is 7.14. The zero-order valence-electron chi connectivity index (χ0n) is 27.8. The Morgan fingerprint density at radius 1 is 1.08 bits per heavy atom. The van der Waals surface area contributed by atoms with E-state index in [0.29, 0.717) is 49.4 Å². The van der Waals surface area contributed by atoms with Crippen molar-refractivity contribution in [3.05, 3.63) is 90.5 Å². The molecule has 0 aliphatic carbocycles. The molecule has 0 aromatic heterocycles. The predicted molar refractivity (Wildman–Crippen MR) is 187 cm³/mol. The first kappa shape index (κ1) is 36.3.